The summed E-state index contributed by atoms with van der Waals surface area (Å²) < 4.78 is 8.22. The Morgan fingerprint density at radius 3 is 2.73 bits per heavy atom. The normalized spacial score (nSPS) is 10.6. The van der Waals surface area contributed by atoms with Crippen LogP contribution in [0.4, 0.5) is 0 Å². The molecule has 3 aromatic rings. The number of benzene rings is 2. The highest BCUT2D eigenvalue weighted by atomic mass is 79.9. The first-order valence-electron chi connectivity index (χ1n) is 9.31. The first-order valence-corrected chi connectivity index (χ1v) is 11.1. The molecule has 0 radical (unpaired) electrons. The van der Waals surface area contributed by atoms with Gasteiger partial charge in [0.15, 0.2) is 11.0 Å². The van der Waals surface area contributed by atoms with Gasteiger partial charge in [-0.2, -0.15) is 0 Å². The van der Waals surface area contributed by atoms with Crippen molar-refractivity contribution < 1.29 is 9.53 Å². The fraction of sp³-hybridized carbons (Fsp3) is 0.227. The highest BCUT2D eigenvalue weighted by Crippen LogP contribution is 2.25. The fourth-order valence-corrected chi connectivity index (χ4v) is 4.02. The van der Waals surface area contributed by atoms with Crippen LogP contribution in [-0.2, 0) is 17.9 Å². The Labute approximate surface area is 189 Å². The summed E-state index contributed by atoms with van der Waals surface area (Å²) in [5.74, 6) is 1.82. The predicted octanol–water partition coefficient (Wildman–Crippen LogP) is 4.65. The van der Waals surface area contributed by atoms with Crippen molar-refractivity contribution in [2.24, 2.45) is 0 Å². The third-order valence-corrected chi connectivity index (χ3v) is 5.92. The smallest absolute Gasteiger partial charge is 0.233 e. The van der Waals surface area contributed by atoms with E-state index in [-0.39, 0.29) is 11.7 Å². The van der Waals surface area contributed by atoms with Gasteiger partial charge in [0, 0.05) is 30.2 Å². The van der Waals surface area contributed by atoms with Crippen LogP contribution in [-0.4, -0.2) is 45.5 Å². The molecule has 6 nitrogen and oxygen atoms in total. The lowest BCUT2D eigenvalue weighted by Crippen LogP contribution is -2.27. The van der Waals surface area contributed by atoms with Gasteiger partial charge < -0.3 is 9.64 Å². The van der Waals surface area contributed by atoms with Gasteiger partial charge in [0.2, 0.25) is 5.91 Å². The number of amides is 1. The Kier molecular flexibility index (Phi) is 7.70. The fourth-order valence-electron chi connectivity index (χ4n) is 2.87. The minimum Gasteiger partial charge on any atom is -0.497 e. The summed E-state index contributed by atoms with van der Waals surface area (Å²) in [6, 6.07) is 15.6. The zero-order valence-electron chi connectivity index (χ0n) is 16.9. The maximum absolute atomic E-state index is 12.6. The second-order valence-corrected chi connectivity index (χ2v) is 8.46. The number of carbonyl (C=O) groups is 1. The van der Waals surface area contributed by atoms with Crippen LogP contribution in [0.5, 0.6) is 5.75 Å². The molecular weight excluding hydrogens is 464 g/mol. The van der Waals surface area contributed by atoms with Crippen molar-refractivity contribution >= 4 is 33.6 Å². The molecule has 2 aromatic carbocycles. The minimum absolute atomic E-state index is 0.0150. The largest absolute Gasteiger partial charge is 0.497 e. The Hall–Kier alpha value is -2.58. The van der Waals surface area contributed by atoms with Crippen molar-refractivity contribution in [3.8, 4) is 17.1 Å². The molecular formula is C22H23BrN4O2S. The molecule has 0 atom stereocenters. The molecule has 1 heterocycles. The highest BCUT2D eigenvalue weighted by molar-refractivity contribution is 9.10. The van der Waals surface area contributed by atoms with Crippen molar-refractivity contribution in [1.82, 2.24) is 19.7 Å². The summed E-state index contributed by atoms with van der Waals surface area (Å²) in [4.78, 5) is 14.3. The summed E-state index contributed by atoms with van der Waals surface area (Å²) in [6.07, 6.45) is 1.80. The van der Waals surface area contributed by atoms with Crippen LogP contribution in [0, 0.1) is 0 Å². The lowest BCUT2D eigenvalue weighted by Gasteiger charge is -2.17. The molecule has 0 aliphatic rings. The molecule has 156 valence electrons. The third-order valence-electron chi connectivity index (χ3n) is 4.44. The monoisotopic (exact) mass is 486 g/mol. The van der Waals surface area contributed by atoms with Gasteiger partial charge in [-0.3, -0.25) is 9.36 Å². The zero-order valence-corrected chi connectivity index (χ0v) is 19.3. The van der Waals surface area contributed by atoms with Gasteiger partial charge in [0.1, 0.15) is 5.75 Å². The van der Waals surface area contributed by atoms with Gasteiger partial charge in [0.05, 0.1) is 12.9 Å². The molecule has 1 aromatic heterocycles. The molecule has 0 N–H and O–H groups in total. The molecule has 30 heavy (non-hydrogen) atoms. The maximum Gasteiger partial charge on any atom is 0.233 e. The molecule has 0 saturated carbocycles. The average molecular weight is 487 g/mol. The second-order valence-electron chi connectivity index (χ2n) is 6.60. The van der Waals surface area contributed by atoms with Crippen LogP contribution in [0.1, 0.15) is 5.56 Å². The molecule has 1 amide bonds. The van der Waals surface area contributed by atoms with E-state index in [0.717, 1.165) is 27.2 Å². The number of rotatable bonds is 9. The number of methoxy groups -OCH3 is 1. The summed E-state index contributed by atoms with van der Waals surface area (Å²) in [7, 11) is 3.43. The van der Waals surface area contributed by atoms with Crippen molar-refractivity contribution in [3.63, 3.8) is 0 Å². The number of halogens is 1. The Morgan fingerprint density at radius 2 is 2.03 bits per heavy atom. The molecule has 0 bridgehead atoms. The highest BCUT2D eigenvalue weighted by Gasteiger charge is 2.17. The molecule has 0 aliphatic heterocycles. The van der Waals surface area contributed by atoms with Crippen molar-refractivity contribution in [3.05, 3.63) is 71.2 Å². The van der Waals surface area contributed by atoms with E-state index < -0.39 is 0 Å². The number of ether oxygens (including phenoxy) is 1. The van der Waals surface area contributed by atoms with E-state index in [0.29, 0.717) is 18.2 Å². The maximum atomic E-state index is 12.6. The van der Waals surface area contributed by atoms with Gasteiger partial charge >= 0.3 is 0 Å². The third kappa shape index (κ3) is 5.52. The van der Waals surface area contributed by atoms with E-state index in [1.54, 1.807) is 25.1 Å². The van der Waals surface area contributed by atoms with Gasteiger partial charge in [0.25, 0.3) is 0 Å². The van der Waals surface area contributed by atoms with E-state index >= 15 is 0 Å². The van der Waals surface area contributed by atoms with Gasteiger partial charge in [-0.15, -0.1) is 16.8 Å². The topological polar surface area (TPSA) is 60.2 Å². The van der Waals surface area contributed by atoms with Crippen molar-refractivity contribution in [1.29, 1.82) is 0 Å². The summed E-state index contributed by atoms with van der Waals surface area (Å²) in [6.45, 7) is 4.91. The molecule has 0 unspecified atom stereocenters. The van der Waals surface area contributed by atoms with Gasteiger partial charge in [-0.1, -0.05) is 58.0 Å². The van der Waals surface area contributed by atoms with Crippen LogP contribution >= 0.6 is 27.7 Å². The van der Waals surface area contributed by atoms with Gasteiger partial charge in [-0.25, -0.2) is 0 Å². The number of thioether (sulfide) groups is 1. The van der Waals surface area contributed by atoms with E-state index in [4.69, 9.17) is 4.74 Å². The van der Waals surface area contributed by atoms with Crippen molar-refractivity contribution in [2.75, 3.05) is 19.9 Å². The summed E-state index contributed by atoms with van der Waals surface area (Å²) in [5.41, 5.74) is 1.98. The van der Waals surface area contributed by atoms with Crippen LogP contribution in [0.3, 0.4) is 0 Å². The second kappa shape index (κ2) is 10.4. The first-order chi connectivity index (χ1) is 14.5. The first kappa shape index (κ1) is 22.1. The average Bonchev–Trinajstić information content (AvgIpc) is 3.15. The van der Waals surface area contributed by atoms with Crippen LogP contribution in [0.15, 0.2) is 70.8 Å². The summed E-state index contributed by atoms with van der Waals surface area (Å²) >= 11 is 4.82. The number of carbonyl (C=O) groups excluding carboxylic acids is 1. The molecule has 3 rings (SSSR count). The predicted molar refractivity (Wildman–Crippen MR) is 124 cm³/mol. The van der Waals surface area contributed by atoms with Gasteiger partial charge in [-0.05, 0) is 29.8 Å². The number of hydrogen-bond acceptors (Lipinski definition) is 5. The Morgan fingerprint density at radius 1 is 1.27 bits per heavy atom. The van der Waals surface area contributed by atoms with E-state index in [2.05, 4.69) is 32.7 Å². The minimum atomic E-state index is 0.0150. The number of aromatic nitrogens is 3. The van der Waals surface area contributed by atoms with Crippen LogP contribution in [0.25, 0.3) is 11.4 Å². The number of hydrogen-bond donors (Lipinski definition) is 0. The summed E-state index contributed by atoms with van der Waals surface area (Å²) in [5, 5.41) is 9.33. The SMILES string of the molecule is C=CCn1c(SCC(=O)N(C)Cc2cccc(OC)c2)nnc1-c1ccc(Br)cc1. The Bertz CT molecular complexity index is 1020. The quantitative estimate of drug-likeness (QED) is 0.325. The number of allylic oxidation sites excluding steroid dienone is 1. The molecule has 8 heteroatoms. The lowest BCUT2D eigenvalue weighted by molar-refractivity contribution is -0.127. The van der Waals surface area contributed by atoms with E-state index in [1.165, 1.54) is 11.8 Å². The lowest BCUT2D eigenvalue weighted by atomic mass is 10.2. The van der Waals surface area contributed by atoms with Crippen LogP contribution in [0.2, 0.25) is 0 Å². The standard InChI is InChI=1S/C22H23BrN4O2S/c1-4-12-27-21(17-8-10-18(23)11-9-17)24-25-22(27)30-15-20(28)26(2)14-16-6-5-7-19(13-16)29-3/h4-11,13H,1,12,14-15H2,2-3H3. The molecule has 0 aliphatic carbocycles. The van der Waals surface area contributed by atoms with E-state index in [9.17, 15) is 4.79 Å². The zero-order chi connectivity index (χ0) is 21.5. The molecule has 0 saturated heterocycles. The molecule has 0 spiro atoms. The van der Waals surface area contributed by atoms with E-state index in [1.807, 2.05) is 53.1 Å². The van der Waals surface area contributed by atoms with Crippen LogP contribution < -0.4 is 4.74 Å². The van der Waals surface area contributed by atoms with Crippen molar-refractivity contribution in [2.45, 2.75) is 18.2 Å². The number of nitrogens with zero attached hydrogens (tertiary/aromatic N) is 4. The Balaban J connectivity index is 1.67. The molecule has 0 fully saturated rings.